The molecule has 0 aromatic heterocycles. The lowest BCUT2D eigenvalue weighted by Crippen LogP contribution is -2.51. The summed E-state index contributed by atoms with van der Waals surface area (Å²) in [5.74, 6) is 0.103. The molecule has 2 rings (SSSR count). The molecular weight excluding hydrogens is 244 g/mol. The average molecular weight is 270 g/mol. The Labute approximate surface area is 115 Å². The van der Waals surface area contributed by atoms with Crippen LogP contribution in [0.25, 0.3) is 0 Å². The Bertz CT molecular complexity index is 308. The zero-order valence-electron chi connectivity index (χ0n) is 11.9. The van der Waals surface area contributed by atoms with Crippen LogP contribution in [0.3, 0.4) is 0 Å². The first-order valence-electron chi connectivity index (χ1n) is 7.24. The van der Waals surface area contributed by atoms with Crippen LogP contribution in [0.5, 0.6) is 0 Å². The molecule has 3 N–H and O–H groups in total. The van der Waals surface area contributed by atoms with Gasteiger partial charge in [-0.25, -0.2) is 0 Å². The Kier molecular flexibility index (Phi) is 4.81. The second-order valence-corrected chi connectivity index (χ2v) is 6.20. The van der Waals surface area contributed by atoms with E-state index in [1.807, 2.05) is 0 Å². The molecule has 1 amide bonds. The molecule has 2 heterocycles. The molecule has 2 saturated heterocycles. The largest absolute Gasteiger partial charge is 0.381 e. The van der Waals surface area contributed by atoms with Crippen LogP contribution in [0, 0.1) is 10.8 Å². The van der Waals surface area contributed by atoms with Crippen LogP contribution in [0.4, 0.5) is 0 Å². The summed E-state index contributed by atoms with van der Waals surface area (Å²) in [4.78, 5) is 12.5. The van der Waals surface area contributed by atoms with Gasteiger partial charge in [0.15, 0.2) is 0 Å². The smallest absolute Gasteiger partial charge is 0.227 e. The highest BCUT2D eigenvalue weighted by molar-refractivity contribution is 5.83. The highest BCUT2D eigenvalue weighted by Crippen LogP contribution is 2.32. The molecule has 0 aliphatic carbocycles. The first-order valence-corrected chi connectivity index (χ1v) is 7.24. The van der Waals surface area contributed by atoms with Gasteiger partial charge >= 0.3 is 0 Å². The minimum absolute atomic E-state index is 0.103. The van der Waals surface area contributed by atoms with E-state index in [1.54, 1.807) is 0 Å². The number of rotatable bonds is 4. The van der Waals surface area contributed by atoms with Crippen LogP contribution in [0.2, 0.25) is 0 Å². The van der Waals surface area contributed by atoms with E-state index < -0.39 is 5.41 Å². The van der Waals surface area contributed by atoms with Gasteiger partial charge in [-0.15, -0.1) is 0 Å². The van der Waals surface area contributed by atoms with Crippen molar-refractivity contribution < 1.29 is 14.3 Å². The van der Waals surface area contributed by atoms with Crippen LogP contribution in [-0.2, 0) is 14.3 Å². The topological polar surface area (TPSA) is 73.6 Å². The molecule has 2 aliphatic rings. The van der Waals surface area contributed by atoms with Crippen molar-refractivity contribution in [3.8, 4) is 0 Å². The number of nitrogens with two attached hydrogens (primary N) is 1. The molecule has 0 aromatic rings. The number of carbonyl (C=O) groups is 1. The first kappa shape index (κ1) is 14.8. The Balaban J connectivity index is 1.88. The van der Waals surface area contributed by atoms with Gasteiger partial charge in [0.05, 0.1) is 5.41 Å². The third kappa shape index (κ3) is 3.46. The maximum Gasteiger partial charge on any atom is 0.227 e. The summed E-state index contributed by atoms with van der Waals surface area (Å²) >= 11 is 0. The van der Waals surface area contributed by atoms with Gasteiger partial charge in [0, 0.05) is 39.5 Å². The molecule has 0 saturated carbocycles. The number of hydrogen-bond acceptors (Lipinski definition) is 4. The maximum absolute atomic E-state index is 12.5. The average Bonchev–Trinajstić information content (AvgIpc) is 2.46. The van der Waals surface area contributed by atoms with Gasteiger partial charge in [-0.05, 0) is 31.1 Å². The fourth-order valence-electron chi connectivity index (χ4n) is 2.81. The number of amides is 1. The molecular formula is C14H26N2O3. The van der Waals surface area contributed by atoms with Crippen LogP contribution in [0.1, 0.15) is 32.6 Å². The minimum atomic E-state index is -0.417. The Hall–Kier alpha value is -0.650. The van der Waals surface area contributed by atoms with Crippen LogP contribution < -0.4 is 11.1 Å². The zero-order chi connectivity index (χ0) is 13.8. The van der Waals surface area contributed by atoms with E-state index in [4.69, 9.17) is 15.2 Å². The SMILES string of the molecule is CC1(CNC(=O)C2(CN)CCOCC2)CCOCC1. The van der Waals surface area contributed by atoms with Gasteiger partial charge in [-0.3, -0.25) is 4.79 Å². The third-order valence-corrected chi connectivity index (χ3v) is 4.70. The van der Waals surface area contributed by atoms with E-state index in [2.05, 4.69) is 12.2 Å². The van der Waals surface area contributed by atoms with Crippen LogP contribution in [0.15, 0.2) is 0 Å². The second-order valence-electron chi connectivity index (χ2n) is 6.20. The van der Waals surface area contributed by atoms with Crippen molar-refractivity contribution in [2.24, 2.45) is 16.6 Å². The lowest BCUT2D eigenvalue weighted by molar-refractivity contribution is -0.136. The minimum Gasteiger partial charge on any atom is -0.381 e. The molecule has 5 heteroatoms. The van der Waals surface area contributed by atoms with Crippen molar-refractivity contribution in [2.45, 2.75) is 32.6 Å². The summed E-state index contributed by atoms with van der Waals surface area (Å²) in [6.45, 7) is 6.20. The summed E-state index contributed by atoms with van der Waals surface area (Å²) < 4.78 is 10.7. The van der Waals surface area contributed by atoms with Crippen molar-refractivity contribution in [3.63, 3.8) is 0 Å². The first-order chi connectivity index (χ1) is 9.10. The Morgan fingerprint density at radius 1 is 1.11 bits per heavy atom. The summed E-state index contributed by atoms with van der Waals surface area (Å²) in [6.07, 6.45) is 3.47. The molecule has 5 nitrogen and oxygen atoms in total. The van der Waals surface area contributed by atoms with Gasteiger partial charge < -0.3 is 20.5 Å². The van der Waals surface area contributed by atoms with E-state index in [0.29, 0.717) is 19.8 Å². The lowest BCUT2D eigenvalue weighted by atomic mass is 9.78. The standard InChI is InChI=1S/C14H26N2O3/c1-13(2-6-18-7-3-13)11-16-12(17)14(10-15)4-8-19-9-5-14/h2-11,15H2,1H3,(H,16,17). The second kappa shape index (κ2) is 6.20. The molecule has 0 bridgehead atoms. The summed E-state index contributed by atoms with van der Waals surface area (Å²) in [5, 5.41) is 3.12. The molecule has 0 spiro atoms. The van der Waals surface area contributed by atoms with Gasteiger partial charge in [-0.1, -0.05) is 6.92 Å². The summed E-state index contributed by atoms with van der Waals surface area (Å²) in [7, 11) is 0. The van der Waals surface area contributed by atoms with Crippen LogP contribution >= 0.6 is 0 Å². The fraction of sp³-hybridized carbons (Fsp3) is 0.929. The molecule has 0 unspecified atom stereocenters. The van der Waals surface area contributed by atoms with Gasteiger partial charge in [0.1, 0.15) is 0 Å². The monoisotopic (exact) mass is 270 g/mol. The van der Waals surface area contributed by atoms with Gasteiger partial charge in [-0.2, -0.15) is 0 Å². The molecule has 19 heavy (non-hydrogen) atoms. The fourth-order valence-corrected chi connectivity index (χ4v) is 2.81. The predicted molar refractivity (Wildman–Crippen MR) is 72.7 cm³/mol. The van der Waals surface area contributed by atoms with Crippen molar-refractivity contribution in [2.75, 3.05) is 39.5 Å². The van der Waals surface area contributed by atoms with Gasteiger partial charge in [0.25, 0.3) is 0 Å². The Morgan fingerprint density at radius 3 is 2.16 bits per heavy atom. The molecule has 0 aromatic carbocycles. The van der Waals surface area contributed by atoms with Crippen molar-refractivity contribution in [1.82, 2.24) is 5.32 Å². The zero-order valence-corrected chi connectivity index (χ0v) is 11.9. The maximum atomic E-state index is 12.5. The summed E-state index contributed by atoms with van der Waals surface area (Å²) in [5.41, 5.74) is 5.59. The molecule has 0 atom stereocenters. The normalized spacial score (nSPS) is 25.8. The van der Waals surface area contributed by atoms with Crippen LogP contribution in [-0.4, -0.2) is 45.4 Å². The molecule has 2 fully saturated rings. The predicted octanol–water partition coefficient (Wildman–Crippen LogP) is 0.675. The van der Waals surface area contributed by atoms with Crippen molar-refractivity contribution >= 4 is 5.91 Å². The quantitative estimate of drug-likeness (QED) is 0.787. The number of hydrogen-bond donors (Lipinski definition) is 2. The van der Waals surface area contributed by atoms with E-state index in [0.717, 1.165) is 45.4 Å². The Morgan fingerprint density at radius 2 is 1.63 bits per heavy atom. The van der Waals surface area contributed by atoms with Gasteiger partial charge in [0.2, 0.25) is 5.91 Å². The van der Waals surface area contributed by atoms with Crippen molar-refractivity contribution in [1.29, 1.82) is 0 Å². The lowest BCUT2D eigenvalue weighted by Gasteiger charge is -2.38. The van der Waals surface area contributed by atoms with E-state index in [9.17, 15) is 4.79 Å². The van der Waals surface area contributed by atoms with Crippen molar-refractivity contribution in [3.05, 3.63) is 0 Å². The number of carbonyl (C=O) groups excluding carboxylic acids is 1. The molecule has 2 aliphatic heterocycles. The van der Waals surface area contributed by atoms with E-state index >= 15 is 0 Å². The van der Waals surface area contributed by atoms with E-state index in [1.165, 1.54) is 0 Å². The summed E-state index contributed by atoms with van der Waals surface area (Å²) in [6, 6.07) is 0. The number of nitrogens with one attached hydrogen (secondary N) is 1. The molecule has 0 radical (unpaired) electrons. The molecule has 110 valence electrons. The highest BCUT2D eigenvalue weighted by Gasteiger charge is 2.39. The van der Waals surface area contributed by atoms with E-state index in [-0.39, 0.29) is 11.3 Å². The third-order valence-electron chi connectivity index (χ3n) is 4.70. The highest BCUT2D eigenvalue weighted by atomic mass is 16.5. The number of ether oxygens (including phenoxy) is 2.